The normalized spacial score (nSPS) is 16.2. The van der Waals surface area contributed by atoms with E-state index >= 15 is 0 Å². The monoisotopic (exact) mass is 550 g/mol. The Balaban J connectivity index is 1.64. The maximum atomic E-state index is 12.1. The fourth-order valence-electron chi connectivity index (χ4n) is 2.07. The molecule has 0 aromatic heterocycles. The smallest absolute Gasteiger partial charge is 0.284 e. The van der Waals surface area contributed by atoms with E-state index in [2.05, 4.69) is 33.1 Å². The highest BCUT2D eigenvalue weighted by Crippen LogP contribution is 2.30. The van der Waals surface area contributed by atoms with Gasteiger partial charge in [-0.15, -0.1) is 0 Å². The van der Waals surface area contributed by atoms with Gasteiger partial charge in [0.25, 0.3) is 5.91 Å². The molecule has 6 nitrogen and oxygen atoms in total. The van der Waals surface area contributed by atoms with Gasteiger partial charge in [0.05, 0.1) is 9.78 Å². The van der Waals surface area contributed by atoms with Gasteiger partial charge in [-0.25, -0.2) is 5.43 Å². The fourth-order valence-corrected chi connectivity index (χ4v) is 3.96. The molecule has 0 radical (unpaired) electrons. The Morgan fingerprint density at radius 2 is 2.04 bits per heavy atom. The van der Waals surface area contributed by atoms with E-state index in [9.17, 15) is 9.90 Å². The molecule has 0 fully saturated rings. The molecule has 0 saturated heterocycles. The summed E-state index contributed by atoms with van der Waals surface area (Å²) in [6, 6.07) is 10.8. The number of para-hydroxylation sites is 2. The minimum atomic E-state index is -0.776. The predicted octanol–water partition coefficient (Wildman–Crippen LogP) is 2.89. The standard InChI is InChI=1S/C16H12I2N2O4/c17-10-5-9(15(21)11(18)6-10)7-19-20-16(22)14-8-23-12-3-1-2-4-13(12)24-14/h1-7,14,21H,8H2,(H,20,22)/b19-7+/t14-/m0/s1. The zero-order valence-corrected chi connectivity index (χ0v) is 16.5. The molecule has 0 spiro atoms. The number of fused-ring (bicyclic) bond motifs is 1. The fraction of sp³-hybridized carbons (Fsp3) is 0.125. The Morgan fingerprint density at radius 3 is 2.83 bits per heavy atom. The summed E-state index contributed by atoms with van der Waals surface area (Å²) in [5.74, 6) is 0.849. The summed E-state index contributed by atoms with van der Waals surface area (Å²) in [7, 11) is 0. The number of hydrogen-bond donors (Lipinski definition) is 2. The van der Waals surface area contributed by atoms with Crippen LogP contribution in [-0.4, -0.2) is 29.9 Å². The first kappa shape index (κ1) is 17.3. The number of amides is 1. The van der Waals surface area contributed by atoms with Gasteiger partial charge in [-0.1, -0.05) is 12.1 Å². The number of aromatic hydroxyl groups is 1. The lowest BCUT2D eigenvalue weighted by atomic mass is 10.2. The molecule has 1 heterocycles. The van der Waals surface area contributed by atoms with Crippen molar-refractivity contribution in [3.63, 3.8) is 0 Å². The van der Waals surface area contributed by atoms with E-state index in [1.807, 2.05) is 40.8 Å². The van der Waals surface area contributed by atoms with Crippen molar-refractivity contribution in [2.24, 2.45) is 5.10 Å². The first-order valence-electron chi connectivity index (χ1n) is 6.94. The Labute approximate surface area is 165 Å². The first-order valence-corrected chi connectivity index (χ1v) is 9.10. The van der Waals surface area contributed by atoms with Gasteiger partial charge in [-0.3, -0.25) is 4.79 Å². The molecule has 0 unspecified atom stereocenters. The van der Waals surface area contributed by atoms with Crippen LogP contribution in [-0.2, 0) is 4.79 Å². The third kappa shape index (κ3) is 3.91. The van der Waals surface area contributed by atoms with Crippen molar-refractivity contribution < 1.29 is 19.4 Å². The van der Waals surface area contributed by atoms with E-state index in [-0.39, 0.29) is 12.4 Å². The second-order valence-corrected chi connectivity index (χ2v) is 7.33. The van der Waals surface area contributed by atoms with Gasteiger partial charge in [-0.2, -0.15) is 5.10 Å². The highest BCUT2D eigenvalue weighted by molar-refractivity contribution is 14.1. The molecule has 2 N–H and O–H groups in total. The van der Waals surface area contributed by atoms with Gasteiger partial charge in [0, 0.05) is 9.13 Å². The van der Waals surface area contributed by atoms with Crippen LogP contribution in [0.3, 0.4) is 0 Å². The summed E-state index contributed by atoms with van der Waals surface area (Å²) >= 11 is 4.18. The molecule has 8 heteroatoms. The Bertz CT molecular complexity index is 811. The summed E-state index contributed by atoms with van der Waals surface area (Å²) in [5, 5.41) is 13.9. The van der Waals surface area contributed by atoms with Crippen LogP contribution in [0.4, 0.5) is 0 Å². The van der Waals surface area contributed by atoms with Gasteiger partial charge >= 0.3 is 0 Å². The highest BCUT2D eigenvalue weighted by Gasteiger charge is 2.27. The lowest BCUT2D eigenvalue weighted by Crippen LogP contribution is -2.42. The maximum Gasteiger partial charge on any atom is 0.284 e. The Hall–Kier alpha value is -1.56. The largest absolute Gasteiger partial charge is 0.506 e. The first-order chi connectivity index (χ1) is 11.5. The molecule has 1 amide bonds. The minimum absolute atomic E-state index is 0.116. The lowest BCUT2D eigenvalue weighted by molar-refractivity contribution is -0.130. The molecule has 0 saturated carbocycles. The van der Waals surface area contributed by atoms with Crippen molar-refractivity contribution in [3.05, 3.63) is 49.1 Å². The zero-order valence-electron chi connectivity index (χ0n) is 12.2. The molecule has 1 aliphatic rings. The van der Waals surface area contributed by atoms with Crippen molar-refractivity contribution in [2.75, 3.05) is 6.61 Å². The van der Waals surface area contributed by atoms with Gasteiger partial charge in [0.15, 0.2) is 11.5 Å². The molecule has 1 aliphatic heterocycles. The predicted molar refractivity (Wildman–Crippen MR) is 106 cm³/mol. The highest BCUT2D eigenvalue weighted by atomic mass is 127. The van der Waals surface area contributed by atoms with Crippen LogP contribution in [0.5, 0.6) is 17.2 Å². The number of benzene rings is 2. The van der Waals surface area contributed by atoms with E-state index < -0.39 is 12.0 Å². The van der Waals surface area contributed by atoms with Crippen LogP contribution in [0.2, 0.25) is 0 Å². The molecule has 1 atom stereocenters. The van der Waals surface area contributed by atoms with E-state index in [0.717, 1.165) is 3.57 Å². The van der Waals surface area contributed by atoms with Crippen molar-refractivity contribution >= 4 is 57.3 Å². The number of carbonyl (C=O) groups is 1. The molecule has 2 aromatic rings. The second kappa shape index (κ2) is 7.55. The molecule has 0 bridgehead atoms. The number of hydrogen-bond acceptors (Lipinski definition) is 5. The zero-order chi connectivity index (χ0) is 17.1. The van der Waals surface area contributed by atoms with Gasteiger partial charge in [0.1, 0.15) is 12.4 Å². The molecule has 0 aliphatic carbocycles. The van der Waals surface area contributed by atoms with Crippen LogP contribution in [0, 0.1) is 7.14 Å². The second-order valence-electron chi connectivity index (χ2n) is 4.92. The molecule has 24 heavy (non-hydrogen) atoms. The van der Waals surface area contributed by atoms with Crippen molar-refractivity contribution in [1.29, 1.82) is 0 Å². The third-order valence-corrected chi connectivity index (χ3v) is 4.68. The van der Waals surface area contributed by atoms with Gasteiger partial charge in [0.2, 0.25) is 6.10 Å². The topological polar surface area (TPSA) is 80.2 Å². The Kier molecular flexibility index (Phi) is 5.43. The van der Waals surface area contributed by atoms with Crippen LogP contribution in [0.15, 0.2) is 41.5 Å². The summed E-state index contributed by atoms with van der Waals surface area (Å²) in [5.41, 5.74) is 2.93. The number of ether oxygens (including phenoxy) is 2. The number of hydrazone groups is 1. The van der Waals surface area contributed by atoms with Crippen LogP contribution < -0.4 is 14.9 Å². The average Bonchev–Trinajstić information content (AvgIpc) is 2.58. The van der Waals surface area contributed by atoms with Crippen molar-refractivity contribution in [2.45, 2.75) is 6.10 Å². The summed E-state index contributed by atoms with van der Waals surface area (Å²) in [4.78, 5) is 12.1. The molecular formula is C16H12I2N2O4. The van der Waals surface area contributed by atoms with E-state index in [0.29, 0.717) is 20.6 Å². The van der Waals surface area contributed by atoms with E-state index in [1.165, 1.54) is 6.21 Å². The summed E-state index contributed by atoms with van der Waals surface area (Å²) in [6.07, 6.45) is 0.622. The summed E-state index contributed by atoms with van der Waals surface area (Å²) < 4.78 is 12.8. The molecule has 124 valence electrons. The van der Waals surface area contributed by atoms with Crippen molar-refractivity contribution in [1.82, 2.24) is 5.43 Å². The average molecular weight is 550 g/mol. The van der Waals surface area contributed by atoms with Gasteiger partial charge < -0.3 is 14.6 Å². The van der Waals surface area contributed by atoms with E-state index in [4.69, 9.17) is 9.47 Å². The number of phenols is 1. The lowest BCUT2D eigenvalue weighted by Gasteiger charge is -2.24. The quantitative estimate of drug-likeness (QED) is 0.350. The number of halogens is 2. The number of nitrogens with zero attached hydrogens (tertiary/aromatic N) is 1. The van der Waals surface area contributed by atoms with Crippen LogP contribution in [0.25, 0.3) is 0 Å². The number of carbonyl (C=O) groups excluding carboxylic acids is 1. The molecular weight excluding hydrogens is 538 g/mol. The number of rotatable bonds is 3. The van der Waals surface area contributed by atoms with Crippen LogP contribution in [0.1, 0.15) is 5.56 Å². The molecule has 3 rings (SSSR count). The van der Waals surface area contributed by atoms with Crippen LogP contribution >= 0.6 is 45.2 Å². The number of phenolic OH excluding ortho intramolecular Hbond substituents is 1. The number of nitrogens with one attached hydrogen (secondary N) is 1. The summed E-state index contributed by atoms with van der Waals surface area (Å²) in [6.45, 7) is 0.116. The Morgan fingerprint density at radius 1 is 1.29 bits per heavy atom. The third-order valence-electron chi connectivity index (χ3n) is 3.24. The van der Waals surface area contributed by atoms with Gasteiger partial charge in [-0.05, 0) is 69.4 Å². The molecule has 2 aromatic carbocycles. The maximum absolute atomic E-state index is 12.1. The van der Waals surface area contributed by atoms with Crippen molar-refractivity contribution in [3.8, 4) is 17.2 Å². The SMILES string of the molecule is O=C(N/N=C/c1cc(I)cc(I)c1O)[C@@H]1COc2ccccc2O1. The minimum Gasteiger partial charge on any atom is -0.506 e. The van der Waals surface area contributed by atoms with E-state index in [1.54, 1.807) is 18.2 Å².